The van der Waals surface area contributed by atoms with Gasteiger partial charge in [-0.05, 0) is 25.0 Å². The smallest absolute Gasteiger partial charge is 0.270 e. The van der Waals surface area contributed by atoms with Crippen molar-refractivity contribution in [2.75, 3.05) is 0 Å². The van der Waals surface area contributed by atoms with Crippen LogP contribution in [0.3, 0.4) is 0 Å². The van der Waals surface area contributed by atoms with Gasteiger partial charge in [-0.25, -0.2) is 4.98 Å². The summed E-state index contributed by atoms with van der Waals surface area (Å²) in [5.74, 6) is 1.66. The maximum atomic E-state index is 12.4. The second-order valence-corrected chi connectivity index (χ2v) is 6.07. The van der Waals surface area contributed by atoms with Crippen LogP contribution in [-0.4, -0.2) is 25.7 Å². The molecule has 6 heteroatoms. The minimum atomic E-state index is -0.188. The molecule has 1 N–H and O–H groups in total. The molecule has 0 atom stereocenters. The summed E-state index contributed by atoms with van der Waals surface area (Å²) in [5, 5.41) is 12.4. The fourth-order valence-electron chi connectivity index (χ4n) is 3.12. The minimum Gasteiger partial charge on any atom is -0.343 e. The molecular formula is C18H19N5O. The van der Waals surface area contributed by atoms with Gasteiger partial charge in [-0.2, -0.15) is 0 Å². The molecule has 0 saturated carbocycles. The van der Waals surface area contributed by atoms with Crippen LogP contribution in [0.15, 0.2) is 36.4 Å². The zero-order valence-electron chi connectivity index (χ0n) is 13.4. The van der Waals surface area contributed by atoms with Gasteiger partial charge in [-0.15, -0.1) is 10.2 Å². The number of rotatable bonds is 3. The number of carbonyl (C=O) groups excluding carboxylic acids is 1. The highest BCUT2D eigenvalue weighted by molar-refractivity contribution is 5.94. The highest BCUT2D eigenvalue weighted by Gasteiger charge is 2.16. The molecule has 0 bridgehead atoms. The maximum absolute atomic E-state index is 12.4. The van der Waals surface area contributed by atoms with Gasteiger partial charge in [0, 0.05) is 18.4 Å². The van der Waals surface area contributed by atoms with E-state index in [0.29, 0.717) is 12.2 Å². The van der Waals surface area contributed by atoms with E-state index < -0.39 is 0 Å². The van der Waals surface area contributed by atoms with E-state index in [-0.39, 0.29) is 5.91 Å². The predicted molar refractivity (Wildman–Crippen MR) is 90.5 cm³/mol. The molecule has 0 saturated heterocycles. The highest BCUT2D eigenvalue weighted by atomic mass is 16.1. The molecule has 1 aromatic carbocycles. The average Bonchev–Trinajstić information content (AvgIpc) is 2.85. The topological polar surface area (TPSA) is 72.7 Å². The predicted octanol–water partition coefficient (Wildman–Crippen LogP) is 2.48. The summed E-state index contributed by atoms with van der Waals surface area (Å²) >= 11 is 0. The first kappa shape index (κ1) is 14.8. The van der Waals surface area contributed by atoms with Gasteiger partial charge in [0.15, 0.2) is 5.82 Å². The van der Waals surface area contributed by atoms with Crippen molar-refractivity contribution in [3.05, 3.63) is 53.7 Å². The van der Waals surface area contributed by atoms with Crippen molar-refractivity contribution in [2.24, 2.45) is 0 Å². The quantitative estimate of drug-likeness (QED) is 0.804. The summed E-state index contributed by atoms with van der Waals surface area (Å²) in [4.78, 5) is 16.8. The summed E-state index contributed by atoms with van der Waals surface area (Å²) in [6, 6.07) is 11.4. The lowest BCUT2D eigenvalue weighted by atomic mass is 10.2. The monoisotopic (exact) mass is 321 g/mol. The lowest BCUT2D eigenvalue weighted by Gasteiger charge is -2.08. The number of para-hydroxylation sites is 1. The molecule has 1 aliphatic rings. The number of nitrogens with one attached hydrogen (secondary N) is 1. The molecule has 24 heavy (non-hydrogen) atoms. The summed E-state index contributed by atoms with van der Waals surface area (Å²) in [5.41, 5.74) is 1.24. The summed E-state index contributed by atoms with van der Waals surface area (Å²) < 4.78 is 2.14. The lowest BCUT2D eigenvalue weighted by Crippen LogP contribution is -2.25. The number of hydrogen-bond acceptors (Lipinski definition) is 4. The number of nitrogens with zero attached hydrogens (tertiary/aromatic N) is 4. The van der Waals surface area contributed by atoms with Crippen molar-refractivity contribution in [1.29, 1.82) is 0 Å². The fraction of sp³-hybridized carbons (Fsp3) is 0.333. The van der Waals surface area contributed by atoms with Gasteiger partial charge >= 0.3 is 0 Å². The van der Waals surface area contributed by atoms with Crippen molar-refractivity contribution in [3.63, 3.8) is 0 Å². The van der Waals surface area contributed by atoms with E-state index in [0.717, 1.165) is 48.4 Å². The molecule has 3 aromatic rings. The van der Waals surface area contributed by atoms with Crippen molar-refractivity contribution in [2.45, 2.75) is 38.8 Å². The Hall–Kier alpha value is -2.76. The number of fused-ring (bicyclic) bond motifs is 2. The normalized spacial score (nSPS) is 14.2. The molecule has 2 aromatic heterocycles. The van der Waals surface area contributed by atoms with Crippen LogP contribution in [-0.2, 0) is 19.5 Å². The molecule has 1 amide bonds. The van der Waals surface area contributed by atoms with Crippen molar-refractivity contribution in [1.82, 2.24) is 25.1 Å². The Kier molecular flexibility index (Phi) is 3.94. The minimum absolute atomic E-state index is 0.188. The maximum Gasteiger partial charge on any atom is 0.270 e. The lowest BCUT2D eigenvalue weighted by molar-refractivity contribution is 0.0945. The van der Waals surface area contributed by atoms with Gasteiger partial charge in [-0.1, -0.05) is 30.7 Å². The SMILES string of the molecule is O=C(NCc1nnc2n1CCCCC2)c1ccc2ccccc2n1. The van der Waals surface area contributed by atoms with E-state index in [1.807, 2.05) is 30.3 Å². The van der Waals surface area contributed by atoms with Crippen LogP contribution in [0.1, 0.15) is 41.4 Å². The largest absolute Gasteiger partial charge is 0.343 e. The van der Waals surface area contributed by atoms with E-state index in [9.17, 15) is 4.79 Å². The number of aryl methyl sites for hydroxylation is 1. The third-order valence-electron chi connectivity index (χ3n) is 4.42. The van der Waals surface area contributed by atoms with Gasteiger partial charge in [0.05, 0.1) is 12.1 Å². The first-order chi connectivity index (χ1) is 11.8. The summed E-state index contributed by atoms with van der Waals surface area (Å²) in [6.07, 6.45) is 4.48. The number of hydrogen-bond donors (Lipinski definition) is 1. The Morgan fingerprint density at radius 3 is 2.96 bits per heavy atom. The number of benzene rings is 1. The Labute approximate surface area is 139 Å². The van der Waals surface area contributed by atoms with Crippen LogP contribution in [0.25, 0.3) is 10.9 Å². The van der Waals surface area contributed by atoms with Crippen LogP contribution in [0.2, 0.25) is 0 Å². The third kappa shape index (κ3) is 2.87. The van der Waals surface area contributed by atoms with Crippen molar-refractivity contribution >= 4 is 16.8 Å². The molecule has 0 radical (unpaired) electrons. The number of carbonyl (C=O) groups is 1. The van der Waals surface area contributed by atoms with Crippen LogP contribution in [0.4, 0.5) is 0 Å². The first-order valence-electron chi connectivity index (χ1n) is 8.36. The van der Waals surface area contributed by atoms with E-state index in [1.54, 1.807) is 6.07 Å². The standard InChI is InChI=1S/C18H19N5O/c24-18(15-10-9-13-6-3-4-7-14(13)20-15)19-12-17-22-21-16-8-2-1-5-11-23(16)17/h3-4,6-7,9-10H,1-2,5,8,11-12H2,(H,19,24). The molecule has 1 aliphatic heterocycles. The molecule has 122 valence electrons. The second-order valence-electron chi connectivity index (χ2n) is 6.07. The Balaban J connectivity index is 1.49. The van der Waals surface area contributed by atoms with Crippen LogP contribution < -0.4 is 5.32 Å². The summed E-state index contributed by atoms with van der Waals surface area (Å²) in [7, 11) is 0. The number of amides is 1. The molecule has 0 fully saturated rings. The van der Waals surface area contributed by atoms with Crippen molar-refractivity contribution < 1.29 is 4.79 Å². The van der Waals surface area contributed by atoms with Crippen molar-refractivity contribution in [3.8, 4) is 0 Å². The highest BCUT2D eigenvalue weighted by Crippen LogP contribution is 2.15. The van der Waals surface area contributed by atoms with E-state index in [2.05, 4.69) is 25.1 Å². The van der Waals surface area contributed by atoms with E-state index >= 15 is 0 Å². The molecule has 4 rings (SSSR count). The zero-order valence-corrected chi connectivity index (χ0v) is 13.4. The molecular weight excluding hydrogens is 302 g/mol. The first-order valence-corrected chi connectivity index (χ1v) is 8.36. The van der Waals surface area contributed by atoms with Crippen LogP contribution >= 0.6 is 0 Å². The number of aromatic nitrogens is 4. The molecule has 0 aliphatic carbocycles. The molecule has 6 nitrogen and oxygen atoms in total. The second kappa shape index (κ2) is 6.39. The Morgan fingerprint density at radius 1 is 1.08 bits per heavy atom. The Bertz CT molecular complexity index is 886. The number of pyridine rings is 1. The van der Waals surface area contributed by atoms with Crippen LogP contribution in [0, 0.1) is 0 Å². The third-order valence-corrected chi connectivity index (χ3v) is 4.42. The van der Waals surface area contributed by atoms with Gasteiger partial charge in [0.2, 0.25) is 0 Å². The zero-order chi connectivity index (χ0) is 16.4. The van der Waals surface area contributed by atoms with E-state index in [4.69, 9.17) is 0 Å². The van der Waals surface area contributed by atoms with E-state index in [1.165, 1.54) is 6.42 Å². The molecule has 0 spiro atoms. The Morgan fingerprint density at radius 2 is 2.00 bits per heavy atom. The van der Waals surface area contributed by atoms with Gasteiger partial charge < -0.3 is 9.88 Å². The molecule has 3 heterocycles. The van der Waals surface area contributed by atoms with Crippen LogP contribution in [0.5, 0.6) is 0 Å². The van der Waals surface area contributed by atoms with Gasteiger partial charge in [0.25, 0.3) is 5.91 Å². The fourth-order valence-corrected chi connectivity index (χ4v) is 3.12. The molecule has 0 unspecified atom stereocenters. The van der Waals surface area contributed by atoms with Gasteiger partial charge in [0.1, 0.15) is 11.5 Å². The van der Waals surface area contributed by atoms with Gasteiger partial charge in [-0.3, -0.25) is 4.79 Å². The average molecular weight is 321 g/mol. The summed E-state index contributed by atoms with van der Waals surface area (Å²) in [6.45, 7) is 1.31.